The molecule has 1 aliphatic rings. The van der Waals surface area contributed by atoms with Crippen molar-refractivity contribution in [2.24, 2.45) is 0 Å². The van der Waals surface area contributed by atoms with Crippen molar-refractivity contribution in [3.8, 4) is 0 Å². The van der Waals surface area contributed by atoms with Gasteiger partial charge in [0.15, 0.2) is 0 Å². The Balaban J connectivity index is 1.32. The highest BCUT2D eigenvalue weighted by atomic mass is 79.9. The number of nitrogens with zero attached hydrogens (tertiary/aromatic N) is 4. The van der Waals surface area contributed by atoms with Crippen molar-refractivity contribution in [1.82, 2.24) is 14.5 Å². The number of para-hydroxylation sites is 2. The second-order valence-corrected chi connectivity index (χ2v) is 8.80. The normalized spacial score (nSPS) is 14.0. The Kier molecular flexibility index (Phi) is 5.81. The number of hydrogen-bond donors (Lipinski definition) is 1. The quantitative estimate of drug-likeness (QED) is 0.428. The van der Waals surface area contributed by atoms with Gasteiger partial charge in [-0.05, 0) is 42.0 Å². The van der Waals surface area contributed by atoms with Crippen LogP contribution in [0.2, 0.25) is 0 Å². The Morgan fingerprint density at radius 1 is 0.875 bits per heavy atom. The average Bonchev–Trinajstić information content (AvgIpc) is 3.20. The lowest BCUT2D eigenvalue weighted by Gasteiger charge is -2.35. The van der Waals surface area contributed by atoms with E-state index < -0.39 is 0 Å². The molecule has 6 nitrogen and oxygen atoms in total. The van der Waals surface area contributed by atoms with Gasteiger partial charge in [0, 0.05) is 36.3 Å². The van der Waals surface area contributed by atoms with E-state index >= 15 is 0 Å². The van der Waals surface area contributed by atoms with Gasteiger partial charge >= 0.3 is 6.03 Å². The van der Waals surface area contributed by atoms with Gasteiger partial charge in [-0.25, -0.2) is 9.78 Å². The molecule has 32 heavy (non-hydrogen) atoms. The number of anilines is 2. The van der Waals surface area contributed by atoms with Crippen LogP contribution in [0.1, 0.15) is 5.56 Å². The number of piperazine rings is 1. The molecule has 162 valence electrons. The zero-order chi connectivity index (χ0) is 21.9. The summed E-state index contributed by atoms with van der Waals surface area (Å²) < 4.78 is 3.27. The second kappa shape index (κ2) is 9.04. The Hall–Kier alpha value is -3.32. The number of imidazole rings is 1. The van der Waals surface area contributed by atoms with Crippen LogP contribution in [-0.4, -0.2) is 46.7 Å². The van der Waals surface area contributed by atoms with Gasteiger partial charge in [-0.2, -0.15) is 0 Å². The van der Waals surface area contributed by atoms with Gasteiger partial charge in [-0.1, -0.05) is 58.4 Å². The van der Waals surface area contributed by atoms with E-state index in [1.807, 2.05) is 41.3 Å². The van der Waals surface area contributed by atoms with Gasteiger partial charge in [0.1, 0.15) is 0 Å². The van der Waals surface area contributed by atoms with E-state index in [2.05, 4.69) is 73.2 Å². The SMILES string of the molecule is O=C(Nc1ccc(Br)cc1)N1CCN(c2nc3ccccc3n2Cc2ccccc2)CC1. The maximum atomic E-state index is 12.7. The van der Waals surface area contributed by atoms with Gasteiger partial charge in [-0.3, -0.25) is 0 Å². The van der Waals surface area contributed by atoms with Crippen LogP contribution in [0.4, 0.5) is 16.4 Å². The number of nitrogens with one attached hydrogen (secondary N) is 1. The molecule has 0 bridgehead atoms. The molecule has 5 rings (SSSR count). The molecule has 1 fully saturated rings. The van der Waals surface area contributed by atoms with Crippen molar-refractivity contribution in [2.45, 2.75) is 6.54 Å². The van der Waals surface area contributed by atoms with E-state index in [4.69, 9.17) is 4.98 Å². The molecule has 7 heteroatoms. The van der Waals surface area contributed by atoms with Crippen molar-refractivity contribution < 1.29 is 4.79 Å². The fourth-order valence-corrected chi connectivity index (χ4v) is 4.34. The van der Waals surface area contributed by atoms with Gasteiger partial charge in [0.25, 0.3) is 0 Å². The van der Waals surface area contributed by atoms with Crippen LogP contribution >= 0.6 is 15.9 Å². The predicted molar refractivity (Wildman–Crippen MR) is 132 cm³/mol. The molecule has 1 aliphatic heterocycles. The molecule has 0 atom stereocenters. The third-order valence-corrected chi connectivity index (χ3v) is 6.29. The van der Waals surface area contributed by atoms with Crippen LogP contribution in [0.3, 0.4) is 0 Å². The van der Waals surface area contributed by atoms with Crippen molar-refractivity contribution in [3.05, 3.63) is 88.9 Å². The monoisotopic (exact) mass is 489 g/mol. The Bertz CT molecular complexity index is 1210. The first kappa shape index (κ1) is 20.6. The summed E-state index contributed by atoms with van der Waals surface area (Å²) in [4.78, 5) is 21.8. The van der Waals surface area contributed by atoms with Crippen LogP contribution < -0.4 is 10.2 Å². The summed E-state index contributed by atoms with van der Waals surface area (Å²) in [5.41, 5.74) is 4.16. The fourth-order valence-electron chi connectivity index (χ4n) is 4.07. The lowest BCUT2D eigenvalue weighted by Crippen LogP contribution is -2.50. The summed E-state index contributed by atoms with van der Waals surface area (Å²) >= 11 is 3.42. The Morgan fingerprint density at radius 3 is 2.31 bits per heavy atom. The van der Waals surface area contributed by atoms with E-state index in [0.717, 1.165) is 46.8 Å². The zero-order valence-electron chi connectivity index (χ0n) is 17.6. The summed E-state index contributed by atoms with van der Waals surface area (Å²) in [6, 6.07) is 26.3. The van der Waals surface area contributed by atoms with Gasteiger partial charge in [0.05, 0.1) is 17.6 Å². The van der Waals surface area contributed by atoms with Crippen LogP contribution in [0, 0.1) is 0 Å². The highest BCUT2D eigenvalue weighted by Crippen LogP contribution is 2.25. The first-order valence-electron chi connectivity index (χ1n) is 10.7. The minimum absolute atomic E-state index is 0.0650. The first-order valence-corrected chi connectivity index (χ1v) is 11.5. The van der Waals surface area contributed by atoms with E-state index in [1.54, 1.807) is 0 Å². The second-order valence-electron chi connectivity index (χ2n) is 7.88. The highest BCUT2D eigenvalue weighted by Gasteiger charge is 2.25. The highest BCUT2D eigenvalue weighted by molar-refractivity contribution is 9.10. The fraction of sp³-hybridized carbons (Fsp3) is 0.200. The van der Waals surface area contributed by atoms with E-state index in [-0.39, 0.29) is 6.03 Å². The molecular formula is C25H24BrN5O. The third kappa shape index (κ3) is 4.34. The predicted octanol–water partition coefficient (Wildman–Crippen LogP) is 5.20. The average molecular weight is 490 g/mol. The number of halogens is 1. The molecule has 1 N–H and O–H groups in total. The molecular weight excluding hydrogens is 466 g/mol. The number of amides is 2. The molecule has 2 amide bonds. The molecule has 1 saturated heterocycles. The molecule has 2 heterocycles. The first-order chi connectivity index (χ1) is 15.7. The topological polar surface area (TPSA) is 53.4 Å². The summed E-state index contributed by atoms with van der Waals surface area (Å²) in [6.07, 6.45) is 0. The van der Waals surface area contributed by atoms with Crippen LogP contribution in [0.15, 0.2) is 83.3 Å². The maximum absolute atomic E-state index is 12.7. The maximum Gasteiger partial charge on any atom is 0.321 e. The Labute approximate surface area is 195 Å². The van der Waals surface area contributed by atoms with Gasteiger partial charge < -0.3 is 19.7 Å². The van der Waals surface area contributed by atoms with Crippen LogP contribution in [0.5, 0.6) is 0 Å². The number of fused-ring (bicyclic) bond motifs is 1. The van der Waals surface area contributed by atoms with E-state index in [9.17, 15) is 4.79 Å². The number of carbonyl (C=O) groups excluding carboxylic acids is 1. The Morgan fingerprint density at radius 2 is 1.56 bits per heavy atom. The molecule has 0 unspecified atom stereocenters. The van der Waals surface area contributed by atoms with Crippen LogP contribution in [-0.2, 0) is 6.54 Å². The van der Waals surface area contributed by atoms with Gasteiger partial charge in [-0.15, -0.1) is 0 Å². The molecule has 0 radical (unpaired) electrons. The number of urea groups is 1. The summed E-state index contributed by atoms with van der Waals surface area (Å²) in [5, 5.41) is 2.99. The van der Waals surface area contributed by atoms with Crippen molar-refractivity contribution in [2.75, 3.05) is 36.4 Å². The third-order valence-electron chi connectivity index (χ3n) is 5.76. The smallest absolute Gasteiger partial charge is 0.321 e. The lowest BCUT2D eigenvalue weighted by atomic mass is 10.2. The molecule has 0 spiro atoms. The largest absolute Gasteiger partial charge is 0.339 e. The standard InChI is InChI=1S/C25H24BrN5O/c26-20-10-12-21(13-11-20)27-25(32)30-16-14-29(15-17-30)24-28-22-8-4-5-9-23(22)31(24)18-19-6-2-1-3-7-19/h1-13H,14-18H2,(H,27,32). The number of carbonyl (C=O) groups is 1. The van der Waals surface area contributed by atoms with Gasteiger partial charge in [0.2, 0.25) is 5.95 Å². The number of benzene rings is 3. The van der Waals surface area contributed by atoms with Crippen molar-refractivity contribution in [3.63, 3.8) is 0 Å². The van der Waals surface area contributed by atoms with Crippen molar-refractivity contribution in [1.29, 1.82) is 0 Å². The number of hydrogen-bond acceptors (Lipinski definition) is 3. The molecule has 0 saturated carbocycles. The summed E-state index contributed by atoms with van der Waals surface area (Å²) in [7, 11) is 0. The minimum atomic E-state index is -0.0650. The number of rotatable bonds is 4. The minimum Gasteiger partial charge on any atom is -0.339 e. The van der Waals surface area contributed by atoms with Crippen LogP contribution in [0.25, 0.3) is 11.0 Å². The lowest BCUT2D eigenvalue weighted by molar-refractivity contribution is 0.208. The molecule has 0 aliphatic carbocycles. The molecule has 4 aromatic rings. The van der Waals surface area contributed by atoms with E-state index in [0.29, 0.717) is 13.1 Å². The molecule has 1 aromatic heterocycles. The zero-order valence-corrected chi connectivity index (χ0v) is 19.2. The summed E-state index contributed by atoms with van der Waals surface area (Å²) in [5.74, 6) is 0.961. The number of aromatic nitrogens is 2. The molecule has 3 aromatic carbocycles. The summed E-state index contributed by atoms with van der Waals surface area (Å²) in [6.45, 7) is 3.55. The van der Waals surface area contributed by atoms with Crippen molar-refractivity contribution >= 4 is 44.6 Å². The van der Waals surface area contributed by atoms with E-state index in [1.165, 1.54) is 5.56 Å².